The Morgan fingerprint density at radius 2 is 2.05 bits per heavy atom. The molecule has 112 valence electrons. The van der Waals surface area contributed by atoms with E-state index in [1.807, 2.05) is 0 Å². The van der Waals surface area contributed by atoms with Gasteiger partial charge in [-0.15, -0.1) is 0 Å². The van der Waals surface area contributed by atoms with Gasteiger partial charge < -0.3 is 5.32 Å². The van der Waals surface area contributed by atoms with Gasteiger partial charge >= 0.3 is 0 Å². The monoisotopic (exact) mass is 319 g/mol. The highest BCUT2D eigenvalue weighted by Gasteiger charge is 2.22. The molecule has 2 rings (SSSR count). The van der Waals surface area contributed by atoms with E-state index in [1.165, 1.54) is 12.1 Å². The summed E-state index contributed by atoms with van der Waals surface area (Å²) in [4.78, 5) is 3.65. The third kappa shape index (κ3) is 3.75. The van der Waals surface area contributed by atoms with Crippen molar-refractivity contribution in [1.29, 1.82) is 0 Å². The smallest absolute Gasteiger partial charge is 0.242 e. The quantitative estimate of drug-likeness (QED) is 0.776. The summed E-state index contributed by atoms with van der Waals surface area (Å²) < 4.78 is 49.4. The number of hydrogen-bond donors (Lipinski definition) is 2. The van der Waals surface area contributed by atoms with Gasteiger partial charge in [0.05, 0.1) is 0 Å². The van der Waals surface area contributed by atoms with Gasteiger partial charge in [0.15, 0.2) is 14.9 Å². The number of aromatic nitrogens is 1. The SMILES string of the molecule is CS(=O)(=O)c1ccc(S(=O)(=O)NC2CCCNC2)cn1. The van der Waals surface area contributed by atoms with Gasteiger partial charge in [0.25, 0.3) is 0 Å². The van der Waals surface area contributed by atoms with Gasteiger partial charge in [0.2, 0.25) is 10.0 Å². The van der Waals surface area contributed by atoms with Crippen LogP contribution in [0.2, 0.25) is 0 Å². The molecule has 9 heteroatoms. The molecule has 2 N–H and O–H groups in total. The zero-order valence-electron chi connectivity index (χ0n) is 11.0. The van der Waals surface area contributed by atoms with Gasteiger partial charge in [-0.1, -0.05) is 0 Å². The number of sulfonamides is 1. The van der Waals surface area contributed by atoms with Gasteiger partial charge in [0.1, 0.15) is 4.90 Å². The maximum absolute atomic E-state index is 12.1. The summed E-state index contributed by atoms with van der Waals surface area (Å²) in [7, 11) is -7.10. The Bertz CT molecular complexity index is 662. The predicted octanol–water partition coefficient (Wildman–Crippen LogP) is -0.485. The first-order valence-corrected chi connectivity index (χ1v) is 9.56. The molecule has 1 aliphatic rings. The summed E-state index contributed by atoms with van der Waals surface area (Å²) in [6.45, 7) is 1.48. The van der Waals surface area contributed by atoms with Crippen LogP contribution in [-0.2, 0) is 19.9 Å². The number of piperidine rings is 1. The molecule has 1 unspecified atom stereocenters. The van der Waals surface area contributed by atoms with Crippen LogP contribution in [0.25, 0.3) is 0 Å². The van der Waals surface area contributed by atoms with E-state index in [4.69, 9.17) is 0 Å². The Morgan fingerprint density at radius 3 is 2.55 bits per heavy atom. The summed E-state index contributed by atoms with van der Waals surface area (Å²) >= 11 is 0. The fraction of sp³-hybridized carbons (Fsp3) is 0.545. The van der Waals surface area contributed by atoms with Gasteiger partial charge in [-0.05, 0) is 31.5 Å². The standard InChI is InChI=1S/C11H17N3O4S2/c1-19(15,16)11-5-4-10(8-13-11)20(17,18)14-9-3-2-6-12-7-9/h4-5,8-9,12,14H,2-3,6-7H2,1H3. The fourth-order valence-electron chi connectivity index (χ4n) is 1.98. The average molecular weight is 319 g/mol. The number of nitrogens with zero attached hydrogens (tertiary/aromatic N) is 1. The van der Waals surface area contributed by atoms with Crippen molar-refractivity contribution in [3.05, 3.63) is 18.3 Å². The molecule has 0 aromatic carbocycles. The summed E-state index contributed by atoms with van der Waals surface area (Å²) in [5, 5.41) is 2.97. The number of hydrogen-bond acceptors (Lipinski definition) is 6. The van der Waals surface area contributed by atoms with E-state index in [0.717, 1.165) is 31.8 Å². The predicted molar refractivity (Wildman–Crippen MR) is 73.6 cm³/mol. The highest BCUT2D eigenvalue weighted by molar-refractivity contribution is 7.90. The van der Waals surface area contributed by atoms with E-state index in [2.05, 4.69) is 15.0 Å². The minimum absolute atomic E-state index is 0.0320. The molecule has 20 heavy (non-hydrogen) atoms. The summed E-state index contributed by atoms with van der Waals surface area (Å²) in [5.41, 5.74) is 0. The normalized spacial score (nSPS) is 20.8. The molecule has 0 saturated carbocycles. The van der Waals surface area contributed by atoms with Crippen LogP contribution in [0.15, 0.2) is 28.3 Å². The molecule has 1 aliphatic heterocycles. The zero-order valence-corrected chi connectivity index (χ0v) is 12.7. The lowest BCUT2D eigenvalue weighted by Gasteiger charge is -2.23. The Labute approximate surface area is 118 Å². The van der Waals surface area contributed by atoms with Crippen molar-refractivity contribution < 1.29 is 16.8 Å². The second-order valence-corrected chi connectivity index (χ2v) is 8.45. The lowest BCUT2D eigenvalue weighted by molar-refractivity contribution is 0.428. The molecule has 1 aromatic rings. The lowest BCUT2D eigenvalue weighted by Crippen LogP contribution is -2.45. The Balaban J connectivity index is 2.17. The second kappa shape index (κ2) is 5.76. The molecule has 0 bridgehead atoms. The molecule has 0 aliphatic carbocycles. The second-order valence-electron chi connectivity index (χ2n) is 4.77. The van der Waals surface area contributed by atoms with Crippen molar-refractivity contribution in [3.63, 3.8) is 0 Å². The molecule has 0 amide bonds. The topological polar surface area (TPSA) is 105 Å². The van der Waals surface area contributed by atoms with E-state index in [1.54, 1.807) is 0 Å². The van der Waals surface area contributed by atoms with Crippen LogP contribution >= 0.6 is 0 Å². The minimum Gasteiger partial charge on any atom is -0.315 e. The lowest BCUT2D eigenvalue weighted by atomic mass is 10.1. The van der Waals surface area contributed by atoms with Crippen molar-refractivity contribution in [2.45, 2.75) is 28.8 Å². The van der Waals surface area contributed by atoms with E-state index < -0.39 is 19.9 Å². The van der Waals surface area contributed by atoms with Crippen LogP contribution in [0, 0.1) is 0 Å². The number of pyridine rings is 1. The van der Waals surface area contributed by atoms with Gasteiger partial charge in [0, 0.05) is 25.0 Å². The molecule has 2 heterocycles. The summed E-state index contributed by atoms with van der Waals surface area (Å²) in [5.74, 6) is 0. The number of nitrogens with one attached hydrogen (secondary N) is 2. The first-order chi connectivity index (χ1) is 9.29. The first kappa shape index (κ1) is 15.4. The van der Waals surface area contributed by atoms with Crippen LogP contribution in [0.3, 0.4) is 0 Å². The molecule has 1 aromatic heterocycles. The Kier molecular flexibility index (Phi) is 4.43. The fourth-order valence-corrected chi connectivity index (χ4v) is 3.76. The van der Waals surface area contributed by atoms with E-state index >= 15 is 0 Å². The third-order valence-corrected chi connectivity index (χ3v) is 5.53. The molecule has 7 nitrogen and oxygen atoms in total. The molecule has 1 atom stereocenters. The highest BCUT2D eigenvalue weighted by Crippen LogP contribution is 2.13. The van der Waals surface area contributed by atoms with Crippen molar-refractivity contribution in [2.24, 2.45) is 0 Å². The molecular formula is C11H17N3O4S2. The highest BCUT2D eigenvalue weighted by atomic mass is 32.2. The largest absolute Gasteiger partial charge is 0.315 e. The number of sulfone groups is 1. The van der Waals surface area contributed by atoms with Gasteiger partial charge in [-0.3, -0.25) is 0 Å². The first-order valence-electron chi connectivity index (χ1n) is 6.18. The molecule has 1 fully saturated rings. The van der Waals surface area contributed by atoms with Crippen LogP contribution in [-0.4, -0.2) is 47.2 Å². The van der Waals surface area contributed by atoms with Crippen molar-refractivity contribution >= 4 is 19.9 Å². The summed E-state index contributed by atoms with van der Waals surface area (Å²) in [6.07, 6.45) is 3.78. The number of rotatable bonds is 4. The van der Waals surface area contributed by atoms with Crippen LogP contribution in [0.5, 0.6) is 0 Å². The molecular weight excluding hydrogens is 302 g/mol. The van der Waals surface area contributed by atoms with E-state index in [-0.39, 0.29) is 16.0 Å². The zero-order chi connectivity index (χ0) is 14.8. The van der Waals surface area contributed by atoms with Crippen molar-refractivity contribution in [2.75, 3.05) is 19.3 Å². The average Bonchev–Trinajstić information content (AvgIpc) is 2.38. The molecule has 0 radical (unpaired) electrons. The van der Waals surface area contributed by atoms with E-state index in [9.17, 15) is 16.8 Å². The third-order valence-electron chi connectivity index (χ3n) is 3.02. The maximum Gasteiger partial charge on any atom is 0.242 e. The summed E-state index contributed by atoms with van der Waals surface area (Å²) in [6, 6.07) is 2.30. The minimum atomic E-state index is -3.67. The van der Waals surface area contributed by atoms with Crippen molar-refractivity contribution in [3.8, 4) is 0 Å². The van der Waals surface area contributed by atoms with Crippen LogP contribution in [0.1, 0.15) is 12.8 Å². The molecule has 0 spiro atoms. The van der Waals surface area contributed by atoms with Gasteiger partial charge in [-0.25, -0.2) is 26.5 Å². The van der Waals surface area contributed by atoms with E-state index in [0.29, 0.717) is 6.54 Å². The maximum atomic E-state index is 12.1. The van der Waals surface area contributed by atoms with Crippen molar-refractivity contribution in [1.82, 2.24) is 15.0 Å². The Morgan fingerprint density at radius 1 is 1.30 bits per heavy atom. The van der Waals surface area contributed by atoms with Crippen LogP contribution in [0.4, 0.5) is 0 Å². The van der Waals surface area contributed by atoms with Crippen LogP contribution < -0.4 is 10.0 Å². The Hall–Kier alpha value is -1.03. The van der Waals surface area contributed by atoms with Gasteiger partial charge in [-0.2, -0.15) is 0 Å². The molecule has 1 saturated heterocycles.